The van der Waals surface area contributed by atoms with Gasteiger partial charge in [0.25, 0.3) is 0 Å². The summed E-state index contributed by atoms with van der Waals surface area (Å²) in [6.45, 7) is 0.616. The fraction of sp³-hybridized carbons (Fsp3) is 0.760. The summed E-state index contributed by atoms with van der Waals surface area (Å²) < 4.78 is 10.2. The highest BCUT2D eigenvalue weighted by molar-refractivity contribution is 5.91. The molecule has 0 atom stereocenters. The van der Waals surface area contributed by atoms with Crippen LogP contribution in [0.5, 0.6) is 0 Å². The first-order chi connectivity index (χ1) is 14.2. The number of rotatable bonds is 8. The van der Waals surface area contributed by atoms with E-state index < -0.39 is 11.9 Å². The van der Waals surface area contributed by atoms with E-state index in [1.165, 1.54) is 64.2 Å². The van der Waals surface area contributed by atoms with Crippen LogP contribution in [0.4, 0.5) is 0 Å². The minimum atomic E-state index is -0.521. The fourth-order valence-corrected chi connectivity index (χ4v) is 3.84. The van der Waals surface area contributed by atoms with E-state index in [4.69, 9.17) is 9.47 Å². The number of ether oxygens (including phenoxy) is 2. The molecular formula is C25H36O4. The normalized spacial score (nSPS) is 17.4. The Morgan fingerprint density at radius 2 is 1.07 bits per heavy atom. The molecule has 0 aromatic rings. The number of carbonyl (C=O) groups excluding carboxylic acids is 2. The molecule has 0 unspecified atom stereocenters. The molecular weight excluding hydrogens is 364 g/mol. The van der Waals surface area contributed by atoms with Crippen molar-refractivity contribution in [3.8, 4) is 23.7 Å². The summed E-state index contributed by atoms with van der Waals surface area (Å²) >= 11 is 0. The van der Waals surface area contributed by atoms with E-state index in [1.54, 1.807) is 0 Å². The lowest BCUT2D eigenvalue weighted by atomic mass is 9.90. The number of carbonyl (C=O) groups is 2. The lowest BCUT2D eigenvalue weighted by Crippen LogP contribution is -2.15. The molecule has 0 aromatic heterocycles. The van der Waals surface area contributed by atoms with Crippen molar-refractivity contribution in [1.82, 2.24) is 0 Å². The summed E-state index contributed by atoms with van der Waals surface area (Å²) in [5, 5.41) is 0. The van der Waals surface area contributed by atoms with E-state index in [2.05, 4.69) is 23.7 Å². The largest absolute Gasteiger partial charge is 0.465 e. The Bertz CT molecular complexity index is 550. The molecule has 2 aliphatic rings. The summed E-state index contributed by atoms with van der Waals surface area (Å²) in [5.41, 5.74) is 0. The van der Waals surface area contributed by atoms with Crippen LogP contribution in [0.3, 0.4) is 0 Å². The molecule has 2 aliphatic carbocycles. The fourth-order valence-electron chi connectivity index (χ4n) is 3.84. The Balaban J connectivity index is 1.42. The molecule has 29 heavy (non-hydrogen) atoms. The minimum Gasteiger partial charge on any atom is -0.465 e. The first-order valence-corrected chi connectivity index (χ1v) is 11.5. The average molecular weight is 401 g/mol. The van der Waals surface area contributed by atoms with Crippen molar-refractivity contribution in [1.29, 1.82) is 0 Å². The number of hydrogen-bond donors (Lipinski definition) is 0. The van der Waals surface area contributed by atoms with Gasteiger partial charge < -0.3 is 9.47 Å². The van der Waals surface area contributed by atoms with E-state index in [0.717, 1.165) is 12.8 Å². The van der Waals surface area contributed by atoms with Crippen LogP contribution in [0, 0.1) is 35.5 Å². The van der Waals surface area contributed by atoms with E-state index in [9.17, 15) is 9.59 Å². The standard InChI is InChI=1S/C25H36O4/c26-24(28-19-11-3-9-17-22-13-5-1-6-14-22)21-25(27)29-20-12-4-10-18-23-15-7-2-8-16-23/h22-23H,1-8,11-16,19-21H2. The molecule has 0 saturated heterocycles. The van der Waals surface area contributed by atoms with E-state index in [0.29, 0.717) is 37.9 Å². The third-order valence-electron chi connectivity index (χ3n) is 5.53. The highest BCUT2D eigenvalue weighted by Gasteiger charge is 2.12. The lowest BCUT2D eigenvalue weighted by molar-refractivity contribution is -0.154. The van der Waals surface area contributed by atoms with Gasteiger partial charge in [-0.25, -0.2) is 0 Å². The second-order valence-electron chi connectivity index (χ2n) is 8.14. The first-order valence-electron chi connectivity index (χ1n) is 11.5. The summed E-state index contributed by atoms with van der Waals surface area (Å²) in [6.07, 6.45) is 15.3. The van der Waals surface area contributed by atoms with E-state index in [1.807, 2.05) is 0 Å². The molecule has 4 heteroatoms. The Kier molecular flexibility index (Phi) is 12.1. The quantitative estimate of drug-likeness (QED) is 0.243. The molecule has 4 nitrogen and oxygen atoms in total. The van der Waals surface area contributed by atoms with Gasteiger partial charge in [0.15, 0.2) is 0 Å². The Labute approximate surface area is 176 Å². The van der Waals surface area contributed by atoms with Gasteiger partial charge in [-0.15, -0.1) is 11.8 Å². The molecule has 2 saturated carbocycles. The molecule has 0 spiro atoms. The smallest absolute Gasteiger partial charge is 0.317 e. The van der Waals surface area contributed by atoms with Gasteiger partial charge in [-0.3, -0.25) is 9.59 Å². The molecule has 2 fully saturated rings. The summed E-state index contributed by atoms with van der Waals surface area (Å²) in [6, 6.07) is 0. The monoisotopic (exact) mass is 400 g/mol. The minimum absolute atomic E-state index is 0.308. The predicted molar refractivity (Wildman–Crippen MR) is 114 cm³/mol. The Morgan fingerprint density at radius 3 is 1.48 bits per heavy atom. The van der Waals surface area contributed by atoms with Crippen molar-refractivity contribution in [2.45, 2.75) is 96.3 Å². The van der Waals surface area contributed by atoms with Crippen LogP contribution in [0.2, 0.25) is 0 Å². The first kappa shape index (κ1) is 23.3. The zero-order valence-corrected chi connectivity index (χ0v) is 17.8. The van der Waals surface area contributed by atoms with Crippen LogP contribution >= 0.6 is 0 Å². The van der Waals surface area contributed by atoms with Crippen LogP contribution in [0.15, 0.2) is 0 Å². The maximum atomic E-state index is 11.7. The topological polar surface area (TPSA) is 52.6 Å². The average Bonchev–Trinajstić information content (AvgIpc) is 2.74. The maximum absolute atomic E-state index is 11.7. The SMILES string of the molecule is O=C(CC(=O)OCCCC#CC1CCCCC1)OCCCC#CC1CCCCC1. The Hall–Kier alpha value is -1.94. The van der Waals surface area contributed by atoms with Crippen LogP contribution in [-0.2, 0) is 19.1 Å². The van der Waals surface area contributed by atoms with Crippen molar-refractivity contribution < 1.29 is 19.1 Å². The third-order valence-corrected chi connectivity index (χ3v) is 5.53. The highest BCUT2D eigenvalue weighted by atomic mass is 16.6. The Morgan fingerprint density at radius 1 is 0.655 bits per heavy atom. The van der Waals surface area contributed by atoms with Crippen molar-refractivity contribution >= 4 is 11.9 Å². The van der Waals surface area contributed by atoms with Crippen LogP contribution in [-0.4, -0.2) is 25.2 Å². The molecule has 0 heterocycles. The predicted octanol–water partition coefficient (Wildman–Crippen LogP) is 5.19. The molecule has 2 rings (SSSR count). The number of unbranched alkanes of at least 4 members (excludes halogenated alkanes) is 2. The molecule has 0 aliphatic heterocycles. The summed E-state index contributed by atoms with van der Waals surface area (Å²) in [4.78, 5) is 23.3. The van der Waals surface area contributed by atoms with Gasteiger partial charge in [0.1, 0.15) is 6.42 Å². The molecule has 0 bridgehead atoms. The number of hydrogen-bond acceptors (Lipinski definition) is 4. The van der Waals surface area contributed by atoms with Crippen LogP contribution < -0.4 is 0 Å². The van der Waals surface area contributed by atoms with Gasteiger partial charge in [-0.2, -0.15) is 0 Å². The van der Waals surface area contributed by atoms with Crippen molar-refractivity contribution in [2.75, 3.05) is 13.2 Å². The van der Waals surface area contributed by atoms with Gasteiger partial charge >= 0.3 is 11.9 Å². The van der Waals surface area contributed by atoms with E-state index in [-0.39, 0.29) is 6.42 Å². The summed E-state index contributed by atoms with van der Waals surface area (Å²) in [5.74, 6) is 13.1. The van der Waals surface area contributed by atoms with Crippen LogP contribution in [0.25, 0.3) is 0 Å². The summed E-state index contributed by atoms with van der Waals surface area (Å²) in [7, 11) is 0. The third kappa shape index (κ3) is 11.6. The van der Waals surface area contributed by atoms with Crippen molar-refractivity contribution in [2.24, 2.45) is 11.8 Å². The lowest BCUT2D eigenvalue weighted by Gasteiger charge is -2.15. The van der Waals surface area contributed by atoms with Gasteiger partial charge in [-0.1, -0.05) is 50.4 Å². The zero-order valence-electron chi connectivity index (χ0n) is 17.8. The molecule has 0 radical (unpaired) electrons. The molecule has 160 valence electrons. The van der Waals surface area contributed by atoms with Crippen molar-refractivity contribution in [3.05, 3.63) is 0 Å². The van der Waals surface area contributed by atoms with Gasteiger partial charge in [0.2, 0.25) is 0 Å². The number of esters is 2. The van der Waals surface area contributed by atoms with Gasteiger partial charge in [-0.05, 0) is 38.5 Å². The van der Waals surface area contributed by atoms with Gasteiger partial charge in [0, 0.05) is 24.7 Å². The molecule has 0 N–H and O–H groups in total. The zero-order chi connectivity index (χ0) is 20.6. The van der Waals surface area contributed by atoms with E-state index >= 15 is 0 Å². The van der Waals surface area contributed by atoms with Crippen LogP contribution in [0.1, 0.15) is 96.3 Å². The van der Waals surface area contributed by atoms with Crippen molar-refractivity contribution in [3.63, 3.8) is 0 Å². The maximum Gasteiger partial charge on any atom is 0.317 e. The second-order valence-corrected chi connectivity index (χ2v) is 8.14. The molecule has 0 amide bonds. The molecule has 0 aromatic carbocycles. The second kappa shape index (κ2) is 15.0. The highest BCUT2D eigenvalue weighted by Crippen LogP contribution is 2.23. The van der Waals surface area contributed by atoms with Gasteiger partial charge in [0.05, 0.1) is 13.2 Å².